The van der Waals surface area contributed by atoms with Crippen molar-refractivity contribution in [1.29, 1.82) is 0 Å². The SMILES string of the molecule is NCCNCCC[Si](O)(O)O[Si](O)(O)CCCNCCN. The summed E-state index contributed by atoms with van der Waals surface area (Å²) in [5.41, 5.74) is 10.6. The summed E-state index contributed by atoms with van der Waals surface area (Å²) in [5, 5.41) is 6.02. The Bertz CT molecular complexity index is 238. The van der Waals surface area contributed by atoms with Crippen molar-refractivity contribution < 1.29 is 23.3 Å². The Kier molecular flexibility index (Phi) is 11.7. The van der Waals surface area contributed by atoms with Gasteiger partial charge in [-0.15, -0.1) is 0 Å². The lowest BCUT2D eigenvalue weighted by Gasteiger charge is -2.25. The van der Waals surface area contributed by atoms with Gasteiger partial charge in [-0.05, 0) is 25.9 Å². The molecule has 0 fully saturated rings. The first-order chi connectivity index (χ1) is 9.83. The summed E-state index contributed by atoms with van der Waals surface area (Å²) >= 11 is 0. The molecular formula is C10H30N4O5Si2. The summed E-state index contributed by atoms with van der Waals surface area (Å²) in [4.78, 5) is 39.0. The van der Waals surface area contributed by atoms with Gasteiger partial charge in [0.2, 0.25) is 0 Å². The maximum atomic E-state index is 9.75. The molecule has 0 aromatic rings. The normalized spacial score (nSPS) is 12.9. The van der Waals surface area contributed by atoms with E-state index < -0.39 is 17.6 Å². The van der Waals surface area contributed by atoms with Gasteiger partial charge in [0.1, 0.15) is 0 Å². The standard InChI is InChI=1S/C10H30N4O5Si2/c11-3-7-13-5-1-9-20(15,16)19-21(17,18)10-2-6-14-8-4-12/h13-18H,1-12H2. The Labute approximate surface area is 128 Å². The van der Waals surface area contributed by atoms with Crippen molar-refractivity contribution in [2.75, 3.05) is 39.3 Å². The number of nitrogens with one attached hydrogen (secondary N) is 2. The van der Waals surface area contributed by atoms with Crippen LogP contribution in [0.3, 0.4) is 0 Å². The Hall–Kier alpha value is 0.0738. The Morgan fingerprint density at radius 2 is 1.10 bits per heavy atom. The molecular weight excluding hydrogens is 312 g/mol. The van der Waals surface area contributed by atoms with Crippen LogP contribution in [0.2, 0.25) is 12.1 Å². The van der Waals surface area contributed by atoms with Gasteiger partial charge in [-0.1, -0.05) is 0 Å². The Morgan fingerprint density at radius 3 is 1.43 bits per heavy atom. The van der Waals surface area contributed by atoms with Crippen molar-refractivity contribution >= 4 is 17.6 Å². The third-order valence-electron chi connectivity index (χ3n) is 2.68. The molecule has 0 heterocycles. The number of rotatable bonds is 14. The van der Waals surface area contributed by atoms with Gasteiger partial charge in [0.15, 0.2) is 0 Å². The van der Waals surface area contributed by atoms with E-state index in [0.717, 1.165) is 0 Å². The van der Waals surface area contributed by atoms with Crippen molar-refractivity contribution in [2.45, 2.75) is 24.9 Å². The largest absolute Gasteiger partial charge is 0.488 e. The zero-order valence-electron chi connectivity index (χ0n) is 12.4. The van der Waals surface area contributed by atoms with E-state index in [1.807, 2.05) is 0 Å². The van der Waals surface area contributed by atoms with Crippen molar-refractivity contribution in [3.05, 3.63) is 0 Å². The quantitative estimate of drug-likeness (QED) is 0.119. The van der Waals surface area contributed by atoms with Crippen molar-refractivity contribution in [2.24, 2.45) is 11.5 Å². The monoisotopic (exact) mass is 342 g/mol. The maximum Gasteiger partial charge on any atom is 0.488 e. The lowest BCUT2D eigenvalue weighted by atomic mass is 10.5. The van der Waals surface area contributed by atoms with Crippen LogP contribution in [0.4, 0.5) is 0 Å². The topological polar surface area (TPSA) is 166 Å². The van der Waals surface area contributed by atoms with E-state index in [2.05, 4.69) is 10.6 Å². The molecule has 0 aliphatic rings. The molecule has 0 rings (SSSR count). The minimum Gasteiger partial charge on any atom is -0.390 e. The predicted molar refractivity (Wildman–Crippen MR) is 84.2 cm³/mol. The first-order valence-corrected chi connectivity index (χ1v) is 11.3. The second-order valence-corrected chi connectivity index (χ2v) is 9.66. The summed E-state index contributed by atoms with van der Waals surface area (Å²) in [5.74, 6) is 0. The van der Waals surface area contributed by atoms with Crippen LogP contribution in [0.5, 0.6) is 0 Å². The highest BCUT2D eigenvalue weighted by Crippen LogP contribution is 2.15. The molecule has 128 valence electrons. The molecule has 0 aliphatic heterocycles. The van der Waals surface area contributed by atoms with Crippen LogP contribution >= 0.6 is 0 Å². The minimum absolute atomic E-state index is 0.0197. The number of hydrogen-bond donors (Lipinski definition) is 8. The van der Waals surface area contributed by atoms with E-state index in [1.165, 1.54) is 0 Å². The van der Waals surface area contributed by atoms with Gasteiger partial charge in [0.05, 0.1) is 0 Å². The zero-order valence-corrected chi connectivity index (χ0v) is 14.4. The van der Waals surface area contributed by atoms with Crippen molar-refractivity contribution in [3.63, 3.8) is 0 Å². The van der Waals surface area contributed by atoms with E-state index in [9.17, 15) is 19.2 Å². The highest BCUT2D eigenvalue weighted by atomic mass is 28.5. The highest BCUT2D eigenvalue weighted by Gasteiger charge is 2.44. The van der Waals surface area contributed by atoms with Crippen LogP contribution in [0.1, 0.15) is 12.8 Å². The second-order valence-electron chi connectivity index (χ2n) is 4.87. The third kappa shape index (κ3) is 13.5. The van der Waals surface area contributed by atoms with Crippen LogP contribution in [0.25, 0.3) is 0 Å². The molecule has 0 unspecified atom stereocenters. The van der Waals surface area contributed by atoms with E-state index in [4.69, 9.17) is 15.6 Å². The molecule has 0 aliphatic carbocycles. The fourth-order valence-electron chi connectivity index (χ4n) is 1.71. The van der Waals surface area contributed by atoms with E-state index in [-0.39, 0.29) is 12.1 Å². The van der Waals surface area contributed by atoms with E-state index in [0.29, 0.717) is 52.1 Å². The summed E-state index contributed by atoms with van der Waals surface area (Å²) < 4.78 is 4.83. The van der Waals surface area contributed by atoms with Gasteiger partial charge in [0, 0.05) is 38.3 Å². The van der Waals surface area contributed by atoms with Gasteiger partial charge in [-0.2, -0.15) is 0 Å². The summed E-state index contributed by atoms with van der Waals surface area (Å²) in [6, 6.07) is 0.0394. The smallest absolute Gasteiger partial charge is 0.390 e. The van der Waals surface area contributed by atoms with Gasteiger partial charge < -0.3 is 45.4 Å². The van der Waals surface area contributed by atoms with Gasteiger partial charge in [-0.3, -0.25) is 0 Å². The van der Waals surface area contributed by atoms with Crippen molar-refractivity contribution in [1.82, 2.24) is 10.6 Å². The average Bonchev–Trinajstić information content (AvgIpc) is 2.36. The van der Waals surface area contributed by atoms with Gasteiger partial charge >= 0.3 is 17.6 Å². The van der Waals surface area contributed by atoms with Crippen LogP contribution in [0.15, 0.2) is 0 Å². The van der Waals surface area contributed by atoms with E-state index in [1.54, 1.807) is 0 Å². The molecule has 0 spiro atoms. The maximum absolute atomic E-state index is 9.75. The van der Waals surface area contributed by atoms with Crippen LogP contribution in [0, 0.1) is 0 Å². The zero-order chi connectivity index (χ0) is 16.2. The molecule has 0 aromatic carbocycles. The van der Waals surface area contributed by atoms with Crippen LogP contribution in [-0.4, -0.2) is 76.1 Å². The molecule has 21 heavy (non-hydrogen) atoms. The average molecular weight is 343 g/mol. The predicted octanol–water partition coefficient (Wildman–Crippen LogP) is -3.27. The molecule has 0 radical (unpaired) electrons. The fourth-order valence-corrected chi connectivity index (χ4v) is 5.89. The number of nitrogens with two attached hydrogens (primary N) is 2. The summed E-state index contributed by atoms with van der Waals surface area (Å²) in [7, 11) is -8.05. The molecule has 0 atom stereocenters. The minimum atomic E-state index is -4.02. The first kappa shape index (κ1) is 21.1. The Balaban J connectivity index is 3.87. The van der Waals surface area contributed by atoms with Gasteiger partial charge in [-0.25, -0.2) is 0 Å². The molecule has 10 N–H and O–H groups in total. The molecule has 0 amide bonds. The highest BCUT2D eigenvalue weighted by molar-refractivity contribution is 6.72. The molecule has 9 nitrogen and oxygen atoms in total. The fraction of sp³-hybridized carbons (Fsp3) is 1.00. The summed E-state index contributed by atoms with van der Waals surface area (Å²) in [6.45, 7) is 3.48. The lowest BCUT2D eigenvalue weighted by molar-refractivity contribution is 0.153. The van der Waals surface area contributed by atoms with E-state index >= 15 is 0 Å². The molecule has 11 heteroatoms. The molecule has 0 saturated carbocycles. The third-order valence-corrected chi connectivity index (χ3v) is 7.31. The first-order valence-electron chi connectivity index (χ1n) is 7.24. The Morgan fingerprint density at radius 1 is 0.714 bits per heavy atom. The second kappa shape index (κ2) is 11.6. The number of hydrogen-bond acceptors (Lipinski definition) is 9. The van der Waals surface area contributed by atoms with Crippen LogP contribution < -0.4 is 22.1 Å². The van der Waals surface area contributed by atoms with Crippen LogP contribution in [-0.2, 0) is 4.12 Å². The molecule has 0 bridgehead atoms. The summed E-state index contributed by atoms with van der Waals surface area (Å²) in [6.07, 6.45) is 0.948. The van der Waals surface area contributed by atoms with Crippen molar-refractivity contribution in [3.8, 4) is 0 Å². The molecule has 0 saturated heterocycles. The lowest BCUT2D eigenvalue weighted by Crippen LogP contribution is -2.53. The van der Waals surface area contributed by atoms with Gasteiger partial charge in [0.25, 0.3) is 0 Å². The molecule has 0 aromatic heterocycles.